The quantitative estimate of drug-likeness (QED) is 0.0664. The maximum atomic E-state index is 13.1. The van der Waals surface area contributed by atoms with Gasteiger partial charge in [-0.15, -0.1) is 40.8 Å². The van der Waals surface area contributed by atoms with E-state index in [4.69, 9.17) is 27.7 Å². The summed E-state index contributed by atoms with van der Waals surface area (Å²) < 4.78 is 33.3. The molecule has 0 saturated carbocycles. The maximum absolute atomic E-state index is 13.1. The fourth-order valence-corrected chi connectivity index (χ4v) is 14.7. The first-order chi connectivity index (χ1) is 48.4. The van der Waals surface area contributed by atoms with E-state index in [9.17, 15) is 32.4 Å². The van der Waals surface area contributed by atoms with Gasteiger partial charge in [0, 0.05) is 26.2 Å². The van der Waals surface area contributed by atoms with Crippen LogP contribution in [0.3, 0.4) is 0 Å². The number of aryl methyl sites for hydroxylation is 1. The molecule has 564 valence electrons. The minimum Gasteiger partial charge on any atom is -0.444 e. The average Bonchev–Trinajstić information content (AvgIpc) is 1.75. The van der Waals surface area contributed by atoms with Gasteiger partial charge in [-0.2, -0.15) is 23.5 Å². The number of hydrogen-bond acceptors (Lipinski definition) is 22. The Morgan fingerprint density at radius 3 is 0.952 bits per heavy atom. The van der Waals surface area contributed by atoms with E-state index in [1.54, 1.807) is 29.2 Å². The van der Waals surface area contributed by atoms with Crippen LogP contribution in [-0.4, -0.2) is 186 Å². The van der Waals surface area contributed by atoms with E-state index in [1.165, 1.54) is 34.6 Å². The molecule has 105 heavy (non-hydrogen) atoms. The number of primary amides is 4. The Bertz CT molecular complexity index is 4220. The van der Waals surface area contributed by atoms with Crippen LogP contribution in [0.5, 0.6) is 0 Å². The summed E-state index contributed by atoms with van der Waals surface area (Å²) in [4.78, 5) is 63.7. The van der Waals surface area contributed by atoms with Gasteiger partial charge < -0.3 is 43.2 Å². The van der Waals surface area contributed by atoms with Gasteiger partial charge >= 0.3 is 6.09 Å². The molecule has 0 aliphatic carbocycles. The highest BCUT2D eigenvalue weighted by atomic mass is 32.2. The SMILES string of the molecule is C.C.C.C.CC(C)(C)OC(=O)N1CCC(c2ccccc2)(c2nnn(CC(N)=O)n2)CC1.Cc1ccc(S(=O)(=O)N2CCC(c3ccccc3)(c3nnn(CC(N)=O)n3)CC2)cc1.NC(=O)Cn1nnc(C2(c3ccccc3)CCNCC2)n1.NC(=O)Cn1nnc(C2(c3ccccc3)CCNCC2)n1. The van der Waals surface area contributed by atoms with Gasteiger partial charge in [-0.3, -0.25) is 19.2 Å². The number of hydrogen-bond donors (Lipinski definition) is 6. The summed E-state index contributed by atoms with van der Waals surface area (Å²) in [6.45, 7) is 12.4. The number of nitrogens with two attached hydrogens (primary N) is 4. The highest BCUT2D eigenvalue weighted by Gasteiger charge is 2.47. The molecule has 13 rings (SSSR count). The lowest BCUT2D eigenvalue weighted by Gasteiger charge is -2.40. The number of tetrazole rings is 4. The van der Waals surface area contributed by atoms with Crippen LogP contribution in [0.1, 0.15) is 153 Å². The Hall–Kier alpha value is -10.6. The number of ether oxygens (including phenoxy) is 1. The number of carbonyl (C=O) groups is 5. The molecule has 10 N–H and O–H groups in total. The molecule has 0 bridgehead atoms. The molecule has 0 unspecified atom stereocenters. The van der Waals surface area contributed by atoms with Crippen molar-refractivity contribution in [2.24, 2.45) is 22.9 Å². The van der Waals surface area contributed by atoms with Crippen molar-refractivity contribution in [3.63, 3.8) is 0 Å². The summed E-state index contributed by atoms with van der Waals surface area (Å²) in [6.07, 6.45) is 5.52. The number of carbonyl (C=O) groups excluding carboxylic acids is 5. The normalized spacial score (nSPS) is 16.4. The zero-order valence-corrected chi connectivity index (χ0v) is 57.8. The lowest BCUT2D eigenvalue weighted by atomic mass is 9.72. The van der Waals surface area contributed by atoms with Crippen molar-refractivity contribution in [2.75, 3.05) is 52.4 Å². The van der Waals surface area contributed by atoms with Crippen molar-refractivity contribution in [3.8, 4) is 0 Å². The molecular formula is C72H102N24O8S. The van der Waals surface area contributed by atoms with E-state index in [-0.39, 0.29) is 77.7 Å². The first kappa shape index (κ1) is 83.3. The lowest BCUT2D eigenvalue weighted by Crippen LogP contribution is -2.47. The molecule has 0 spiro atoms. The molecular weight excluding hydrogens is 1360 g/mol. The molecule has 0 atom stereocenters. The molecule has 5 amide bonds. The van der Waals surface area contributed by atoms with Gasteiger partial charge in [0.1, 0.15) is 31.8 Å². The van der Waals surface area contributed by atoms with E-state index in [0.29, 0.717) is 75.2 Å². The van der Waals surface area contributed by atoms with Gasteiger partial charge in [-0.25, -0.2) is 13.2 Å². The zero-order chi connectivity index (χ0) is 71.8. The van der Waals surface area contributed by atoms with E-state index in [2.05, 4.69) is 96.5 Å². The molecule has 9 aromatic rings. The molecule has 33 heteroatoms. The Balaban J connectivity index is 0.000000219. The van der Waals surface area contributed by atoms with E-state index >= 15 is 0 Å². The predicted molar refractivity (Wildman–Crippen MR) is 394 cm³/mol. The molecule has 0 radical (unpaired) electrons. The second-order valence-corrected chi connectivity index (χ2v) is 28.4. The third-order valence-electron chi connectivity index (χ3n) is 18.4. The standard InChI is InChI=1S/C21H24N6O3S.C19H26N6O3.2C14H18N6O.4CH4/c1-16-7-9-18(10-8-16)31(29,30)26-13-11-21(12-14-26,17-5-3-2-4-6-17)20-23-25-27(24-20)15-19(22)28;1-18(2,3)28-17(27)24-11-9-19(10-12-24,14-7-5-4-6-8-14)16-21-23-25(22-16)13-15(20)26;2*15-12(21)10-20-18-13(17-19-20)14(6-8-16-9-7-14)11-4-2-1-3-5-11;;;;/h2-10H,11-15H2,1H3,(H2,22,28);4-8H,9-13H2,1-3H3,(H2,20,26);2*1-5,16H,6-10H2,(H2,15,21);4*1H4. The van der Waals surface area contributed by atoms with Crippen molar-refractivity contribution >= 4 is 39.7 Å². The Morgan fingerprint density at radius 1 is 0.419 bits per heavy atom. The Morgan fingerprint density at radius 2 is 0.686 bits per heavy atom. The molecule has 4 aliphatic rings. The number of rotatable bonds is 18. The lowest BCUT2D eigenvalue weighted by molar-refractivity contribution is -0.119. The van der Waals surface area contributed by atoms with E-state index < -0.39 is 50.1 Å². The van der Waals surface area contributed by atoms with Crippen LogP contribution in [0.25, 0.3) is 0 Å². The van der Waals surface area contributed by atoms with Crippen LogP contribution >= 0.6 is 0 Å². The first-order valence-corrected chi connectivity index (χ1v) is 34.8. The molecule has 4 saturated heterocycles. The topological polar surface area (TPSA) is 438 Å². The summed E-state index contributed by atoms with van der Waals surface area (Å²) in [5.74, 6) is 0.286. The second kappa shape index (κ2) is 36.7. The van der Waals surface area contributed by atoms with Crippen LogP contribution in [0.15, 0.2) is 150 Å². The summed E-state index contributed by atoms with van der Waals surface area (Å²) in [6, 6.07) is 47.0. The Kier molecular flexibility index (Phi) is 29.1. The van der Waals surface area contributed by atoms with E-state index in [0.717, 1.165) is 68.6 Å². The van der Waals surface area contributed by atoms with Crippen LogP contribution in [-0.2, 0) is 81.8 Å². The van der Waals surface area contributed by atoms with Crippen LogP contribution in [0.2, 0.25) is 0 Å². The molecule has 8 heterocycles. The number of aromatic nitrogens is 16. The summed E-state index contributed by atoms with van der Waals surface area (Å²) in [7, 11) is -3.59. The highest BCUT2D eigenvalue weighted by Crippen LogP contribution is 2.43. The minimum absolute atomic E-state index is 0. The molecule has 32 nitrogen and oxygen atoms in total. The van der Waals surface area contributed by atoms with Gasteiger partial charge in [-0.1, -0.05) is 169 Å². The predicted octanol–water partition coefficient (Wildman–Crippen LogP) is 4.91. The molecule has 5 aromatic carbocycles. The third kappa shape index (κ3) is 20.2. The number of nitrogens with zero attached hydrogens (tertiary/aromatic N) is 18. The van der Waals surface area contributed by atoms with Crippen LogP contribution in [0.4, 0.5) is 4.79 Å². The van der Waals surface area contributed by atoms with Gasteiger partial charge in [-0.05, 0) is 160 Å². The fourth-order valence-electron chi connectivity index (χ4n) is 13.2. The monoisotopic (exact) mass is 1460 g/mol. The number of piperidine rings is 4. The molecule has 4 fully saturated rings. The fraction of sp³-hybridized carbons (Fsp3) is 0.458. The molecule has 4 aliphatic heterocycles. The first-order valence-electron chi connectivity index (χ1n) is 33.4. The number of sulfonamides is 1. The van der Waals surface area contributed by atoms with Crippen molar-refractivity contribution < 1.29 is 37.1 Å². The Labute approximate surface area is 613 Å². The van der Waals surface area contributed by atoms with Gasteiger partial charge in [0.05, 0.1) is 26.6 Å². The minimum atomic E-state index is -3.59. The number of benzene rings is 5. The number of likely N-dealkylation sites (tertiary alicyclic amines) is 1. The van der Waals surface area contributed by atoms with Crippen LogP contribution < -0.4 is 33.6 Å². The largest absolute Gasteiger partial charge is 0.444 e. The van der Waals surface area contributed by atoms with Crippen molar-refractivity contribution in [2.45, 2.75) is 167 Å². The van der Waals surface area contributed by atoms with Gasteiger partial charge in [0.25, 0.3) is 0 Å². The van der Waals surface area contributed by atoms with Gasteiger partial charge in [0.2, 0.25) is 33.7 Å². The second-order valence-electron chi connectivity index (χ2n) is 26.4. The molecule has 4 aromatic heterocycles. The van der Waals surface area contributed by atoms with E-state index in [1.807, 2.05) is 125 Å². The maximum Gasteiger partial charge on any atom is 0.410 e. The van der Waals surface area contributed by atoms with Gasteiger partial charge in [0.15, 0.2) is 23.3 Å². The van der Waals surface area contributed by atoms with Crippen LogP contribution in [0, 0.1) is 6.92 Å². The smallest absolute Gasteiger partial charge is 0.410 e. The average molecular weight is 1460 g/mol. The number of nitrogens with one attached hydrogen (secondary N) is 2. The summed E-state index contributed by atoms with van der Waals surface area (Å²) in [5.41, 5.74) is 24.1. The summed E-state index contributed by atoms with van der Waals surface area (Å²) >= 11 is 0. The van der Waals surface area contributed by atoms with Crippen molar-refractivity contribution in [3.05, 3.63) is 197 Å². The number of amides is 5. The summed E-state index contributed by atoms with van der Waals surface area (Å²) in [5, 5.41) is 57.0. The van der Waals surface area contributed by atoms with Crippen molar-refractivity contribution in [1.29, 1.82) is 0 Å². The third-order valence-corrected chi connectivity index (χ3v) is 20.3. The van der Waals surface area contributed by atoms with Crippen molar-refractivity contribution in [1.82, 2.24) is 101 Å². The highest BCUT2D eigenvalue weighted by molar-refractivity contribution is 7.89. The zero-order valence-electron chi connectivity index (χ0n) is 57.0.